The number of fused-ring (bicyclic) bond motifs is 1. The van der Waals surface area contributed by atoms with Gasteiger partial charge in [0.05, 0.1) is 24.9 Å². The second kappa shape index (κ2) is 8.82. The Morgan fingerprint density at radius 1 is 1.31 bits per heavy atom. The fourth-order valence-electron chi connectivity index (χ4n) is 3.11. The van der Waals surface area contributed by atoms with E-state index in [9.17, 15) is 4.79 Å². The van der Waals surface area contributed by atoms with Crippen molar-refractivity contribution in [3.63, 3.8) is 0 Å². The summed E-state index contributed by atoms with van der Waals surface area (Å²) >= 11 is 0. The maximum absolute atomic E-state index is 11.8. The molecule has 0 saturated heterocycles. The minimum absolute atomic E-state index is 0.0815. The predicted octanol–water partition coefficient (Wildman–Crippen LogP) is 1.73. The molecule has 0 unspecified atom stereocenters. The van der Waals surface area contributed by atoms with Crippen molar-refractivity contribution in [2.45, 2.75) is 19.2 Å². The smallest absolute Gasteiger partial charge is 0.316 e. The quantitative estimate of drug-likeness (QED) is 0.767. The zero-order chi connectivity index (χ0) is 18.4. The lowest BCUT2D eigenvalue weighted by molar-refractivity contribution is 0.0753. The molecule has 1 atom stereocenters. The van der Waals surface area contributed by atoms with Crippen LogP contribution in [0, 0.1) is 0 Å². The summed E-state index contributed by atoms with van der Waals surface area (Å²) < 4.78 is 7.84. The van der Waals surface area contributed by atoms with Gasteiger partial charge in [-0.25, -0.2) is 4.79 Å². The lowest BCUT2D eigenvalue weighted by Gasteiger charge is -2.34. The van der Waals surface area contributed by atoms with Crippen LogP contribution in [0.3, 0.4) is 0 Å². The molecule has 2 aromatic rings. The lowest BCUT2D eigenvalue weighted by atomic mass is 10.2. The van der Waals surface area contributed by atoms with Gasteiger partial charge < -0.3 is 15.0 Å². The summed E-state index contributed by atoms with van der Waals surface area (Å²) in [6, 6.07) is 12.3. The number of ether oxygens (including phenoxy) is 1. The monoisotopic (exact) mass is 357 g/mol. The first-order chi connectivity index (χ1) is 12.6. The first kappa shape index (κ1) is 18.4. The van der Waals surface area contributed by atoms with Crippen LogP contribution in [0.15, 0.2) is 42.6 Å². The van der Waals surface area contributed by atoms with E-state index in [1.54, 1.807) is 19.0 Å². The van der Waals surface area contributed by atoms with E-state index in [1.165, 1.54) is 11.3 Å². The van der Waals surface area contributed by atoms with Crippen LogP contribution in [-0.2, 0) is 17.9 Å². The number of hydrogen-bond donors (Lipinski definition) is 1. The number of hydrogen-bond acceptors (Lipinski definition) is 4. The molecule has 2 heterocycles. The fraction of sp³-hybridized carbons (Fsp3) is 0.474. The summed E-state index contributed by atoms with van der Waals surface area (Å²) in [4.78, 5) is 15.7. The molecular formula is C19H27N5O2. The Kier molecular flexibility index (Phi) is 6.25. The van der Waals surface area contributed by atoms with E-state index in [1.807, 2.05) is 35.1 Å². The van der Waals surface area contributed by atoms with Crippen LogP contribution in [-0.4, -0.2) is 65.9 Å². The number of carbonyl (C=O) groups is 1. The van der Waals surface area contributed by atoms with Crippen molar-refractivity contribution >= 4 is 6.03 Å². The van der Waals surface area contributed by atoms with Gasteiger partial charge in [-0.3, -0.25) is 9.58 Å². The van der Waals surface area contributed by atoms with Gasteiger partial charge in [0.1, 0.15) is 0 Å². The first-order valence-corrected chi connectivity index (χ1v) is 8.95. The van der Waals surface area contributed by atoms with Crippen molar-refractivity contribution in [2.75, 3.05) is 40.3 Å². The molecule has 3 rings (SSSR count). The zero-order valence-electron chi connectivity index (χ0n) is 15.5. The second-order valence-corrected chi connectivity index (χ2v) is 6.77. The summed E-state index contributed by atoms with van der Waals surface area (Å²) in [5.41, 5.74) is 2.36. The van der Waals surface area contributed by atoms with E-state index >= 15 is 0 Å². The average Bonchev–Trinajstić information content (AvgIpc) is 3.12. The molecule has 1 aromatic carbocycles. The number of benzene rings is 1. The summed E-state index contributed by atoms with van der Waals surface area (Å²) in [7, 11) is 3.48. The van der Waals surface area contributed by atoms with Crippen molar-refractivity contribution in [2.24, 2.45) is 0 Å². The van der Waals surface area contributed by atoms with Crippen LogP contribution in [0.5, 0.6) is 0 Å². The molecule has 0 saturated carbocycles. The summed E-state index contributed by atoms with van der Waals surface area (Å²) in [5, 5.41) is 7.39. The Morgan fingerprint density at radius 2 is 2.12 bits per heavy atom. The molecule has 1 aliphatic heterocycles. The van der Waals surface area contributed by atoms with E-state index in [0.717, 1.165) is 19.6 Å². The van der Waals surface area contributed by atoms with Crippen LogP contribution in [0.4, 0.5) is 4.79 Å². The molecule has 0 spiro atoms. The molecule has 0 fully saturated rings. The van der Waals surface area contributed by atoms with Crippen LogP contribution in [0.2, 0.25) is 0 Å². The molecular weight excluding hydrogens is 330 g/mol. The van der Waals surface area contributed by atoms with Crippen molar-refractivity contribution < 1.29 is 9.53 Å². The number of amides is 2. The predicted molar refractivity (Wildman–Crippen MR) is 99.7 cm³/mol. The number of nitrogens with zero attached hydrogens (tertiary/aromatic N) is 4. The highest BCUT2D eigenvalue weighted by molar-refractivity contribution is 5.73. The van der Waals surface area contributed by atoms with E-state index in [-0.39, 0.29) is 12.1 Å². The Balaban J connectivity index is 1.49. The van der Waals surface area contributed by atoms with Gasteiger partial charge in [-0.05, 0) is 11.6 Å². The summed E-state index contributed by atoms with van der Waals surface area (Å²) in [5.74, 6) is 0. The van der Waals surface area contributed by atoms with Crippen molar-refractivity contribution in [3.8, 4) is 0 Å². The highest BCUT2D eigenvalue weighted by Gasteiger charge is 2.25. The van der Waals surface area contributed by atoms with E-state index < -0.39 is 0 Å². The standard InChI is InChI=1S/C19H27N5O2/c1-22(2)19(25)20-12-18-14-23(13-17-8-9-21-24(17)18)10-11-26-15-16-6-4-3-5-7-16/h3-9,18H,10-15H2,1-2H3,(H,20,25)/t18-/m0/s1. The highest BCUT2D eigenvalue weighted by Crippen LogP contribution is 2.19. The van der Waals surface area contributed by atoms with Crippen LogP contribution in [0.1, 0.15) is 17.3 Å². The first-order valence-electron chi connectivity index (χ1n) is 8.95. The van der Waals surface area contributed by atoms with Gasteiger partial charge in [0.25, 0.3) is 0 Å². The maximum atomic E-state index is 11.8. The van der Waals surface area contributed by atoms with Crippen LogP contribution < -0.4 is 5.32 Å². The minimum atomic E-state index is -0.0815. The number of rotatable bonds is 7. The largest absolute Gasteiger partial charge is 0.375 e. The van der Waals surface area contributed by atoms with E-state index in [2.05, 4.69) is 27.4 Å². The third-order valence-corrected chi connectivity index (χ3v) is 4.51. The zero-order valence-corrected chi connectivity index (χ0v) is 15.5. The van der Waals surface area contributed by atoms with E-state index in [0.29, 0.717) is 19.8 Å². The molecule has 1 aromatic heterocycles. The number of nitrogens with one attached hydrogen (secondary N) is 1. The topological polar surface area (TPSA) is 62.6 Å². The van der Waals surface area contributed by atoms with Gasteiger partial charge in [0.15, 0.2) is 0 Å². The number of urea groups is 1. The second-order valence-electron chi connectivity index (χ2n) is 6.77. The molecule has 7 heteroatoms. The lowest BCUT2D eigenvalue weighted by Crippen LogP contribution is -2.45. The van der Waals surface area contributed by atoms with Gasteiger partial charge in [0.2, 0.25) is 0 Å². The maximum Gasteiger partial charge on any atom is 0.316 e. The molecule has 1 N–H and O–H groups in total. The SMILES string of the molecule is CN(C)C(=O)NC[C@H]1CN(CCOCc2ccccc2)Cc2ccnn21. The minimum Gasteiger partial charge on any atom is -0.375 e. The Morgan fingerprint density at radius 3 is 2.88 bits per heavy atom. The van der Waals surface area contributed by atoms with Crippen molar-refractivity contribution in [3.05, 3.63) is 53.9 Å². The highest BCUT2D eigenvalue weighted by atomic mass is 16.5. The molecule has 2 amide bonds. The Labute approximate surface area is 154 Å². The van der Waals surface area contributed by atoms with Gasteiger partial charge in [-0.2, -0.15) is 5.10 Å². The van der Waals surface area contributed by atoms with Crippen molar-refractivity contribution in [1.29, 1.82) is 0 Å². The normalized spacial score (nSPS) is 16.9. The summed E-state index contributed by atoms with van der Waals surface area (Å²) in [6.07, 6.45) is 1.82. The van der Waals surface area contributed by atoms with Gasteiger partial charge in [-0.1, -0.05) is 30.3 Å². The molecule has 0 bridgehead atoms. The Hall–Kier alpha value is -2.38. The van der Waals surface area contributed by atoms with Crippen LogP contribution in [0.25, 0.3) is 0 Å². The molecule has 26 heavy (non-hydrogen) atoms. The number of aromatic nitrogens is 2. The van der Waals surface area contributed by atoms with Crippen LogP contribution >= 0.6 is 0 Å². The third-order valence-electron chi connectivity index (χ3n) is 4.51. The fourth-order valence-corrected chi connectivity index (χ4v) is 3.11. The molecule has 140 valence electrons. The average molecular weight is 357 g/mol. The molecule has 1 aliphatic rings. The molecule has 7 nitrogen and oxygen atoms in total. The van der Waals surface area contributed by atoms with Gasteiger partial charge >= 0.3 is 6.03 Å². The third kappa shape index (κ3) is 4.83. The van der Waals surface area contributed by atoms with Gasteiger partial charge in [-0.15, -0.1) is 0 Å². The summed E-state index contributed by atoms with van der Waals surface area (Å²) in [6.45, 7) is 4.43. The molecule has 0 radical (unpaired) electrons. The van der Waals surface area contributed by atoms with E-state index in [4.69, 9.17) is 4.74 Å². The Bertz CT molecular complexity index is 701. The molecule has 0 aliphatic carbocycles. The van der Waals surface area contributed by atoms with Crippen molar-refractivity contribution in [1.82, 2.24) is 24.9 Å². The van der Waals surface area contributed by atoms with Gasteiger partial charge in [0, 0.05) is 46.5 Å². The number of carbonyl (C=O) groups excluding carboxylic acids is 1.